The van der Waals surface area contributed by atoms with Crippen molar-refractivity contribution in [3.05, 3.63) is 28.8 Å². The average Bonchev–Trinajstić information content (AvgIpc) is 3.03. The van der Waals surface area contributed by atoms with Gasteiger partial charge in [0.2, 0.25) is 0 Å². The van der Waals surface area contributed by atoms with E-state index < -0.39 is 0 Å². The molecule has 1 aromatic carbocycles. The molecule has 2 saturated heterocycles. The minimum Gasteiger partial charge on any atom is -0.507 e. The summed E-state index contributed by atoms with van der Waals surface area (Å²) >= 11 is 5.92. The highest BCUT2D eigenvalue weighted by atomic mass is 35.5. The minimum atomic E-state index is -0.118. The number of aromatic hydroxyl groups is 1. The van der Waals surface area contributed by atoms with Gasteiger partial charge in [-0.3, -0.25) is 4.79 Å². The first-order chi connectivity index (χ1) is 10.1. The van der Waals surface area contributed by atoms with Crippen LogP contribution in [0.3, 0.4) is 0 Å². The third-order valence-corrected chi connectivity index (χ3v) is 4.92. The van der Waals surface area contributed by atoms with Gasteiger partial charge < -0.3 is 15.3 Å². The normalized spacial score (nSPS) is 23.5. The highest BCUT2D eigenvalue weighted by Gasteiger charge is 2.30. The molecule has 2 aliphatic rings. The number of phenolic OH excluding ortho intramolecular Hbond substituents is 1. The predicted octanol–water partition coefficient (Wildman–Crippen LogP) is 2.65. The first kappa shape index (κ1) is 14.7. The lowest BCUT2D eigenvalue weighted by atomic mass is 9.88. The molecule has 0 spiro atoms. The molecule has 1 aromatic rings. The second-order valence-electron chi connectivity index (χ2n) is 5.99. The lowest BCUT2D eigenvalue weighted by Crippen LogP contribution is -2.43. The Hall–Kier alpha value is -1.26. The molecule has 3 rings (SSSR count). The maximum atomic E-state index is 12.5. The Kier molecular flexibility index (Phi) is 4.36. The van der Waals surface area contributed by atoms with Crippen molar-refractivity contribution in [1.82, 2.24) is 10.2 Å². The Labute approximate surface area is 130 Å². The van der Waals surface area contributed by atoms with Crippen LogP contribution in [0.2, 0.25) is 5.02 Å². The molecule has 5 heteroatoms. The van der Waals surface area contributed by atoms with Gasteiger partial charge in [0.05, 0.1) is 5.56 Å². The molecule has 0 bridgehead atoms. The molecule has 21 heavy (non-hydrogen) atoms. The van der Waals surface area contributed by atoms with Gasteiger partial charge in [-0.15, -0.1) is 0 Å². The van der Waals surface area contributed by atoms with E-state index in [1.54, 1.807) is 12.1 Å². The van der Waals surface area contributed by atoms with Crippen molar-refractivity contribution >= 4 is 17.5 Å². The van der Waals surface area contributed by atoms with Crippen molar-refractivity contribution in [2.75, 3.05) is 19.6 Å². The molecule has 1 unspecified atom stereocenters. The molecule has 0 saturated carbocycles. The summed E-state index contributed by atoms with van der Waals surface area (Å²) in [4.78, 5) is 14.3. The molecule has 2 fully saturated rings. The standard InChI is InChI=1S/C16H21ClN2O2/c17-12-3-4-15(20)13(10-12)16(21)19-8-5-11(6-9-19)14-2-1-7-18-14/h3-4,10-11,14,18,20H,1-2,5-9H2. The zero-order valence-corrected chi connectivity index (χ0v) is 12.8. The van der Waals surface area contributed by atoms with Crippen molar-refractivity contribution in [2.24, 2.45) is 5.92 Å². The SMILES string of the molecule is O=C(c1cc(Cl)ccc1O)N1CCC(C2CCCN2)CC1. The van der Waals surface area contributed by atoms with E-state index in [1.807, 2.05) is 4.90 Å². The molecule has 2 aliphatic heterocycles. The third kappa shape index (κ3) is 3.16. The van der Waals surface area contributed by atoms with Gasteiger partial charge in [-0.25, -0.2) is 0 Å². The quantitative estimate of drug-likeness (QED) is 0.883. The molecule has 0 aromatic heterocycles. The topological polar surface area (TPSA) is 52.6 Å². The molecular formula is C16H21ClN2O2. The summed E-state index contributed by atoms with van der Waals surface area (Å²) in [6, 6.07) is 5.24. The molecule has 4 nitrogen and oxygen atoms in total. The van der Waals surface area contributed by atoms with Gasteiger partial charge in [0, 0.05) is 24.2 Å². The van der Waals surface area contributed by atoms with Crippen LogP contribution in [0.5, 0.6) is 5.75 Å². The van der Waals surface area contributed by atoms with Crippen molar-refractivity contribution in [3.63, 3.8) is 0 Å². The number of hydrogen-bond donors (Lipinski definition) is 2. The van der Waals surface area contributed by atoms with E-state index >= 15 is 0 Å². The Morgan fingerprint density at radius 1 is 1.29 bits per heavy atom. The zero-order valence-electron chi connectivity index (χ0n) is 12.0. The van der Waals surface area contributed by atoms with Crippen molar-refractivity contribution in [2.45, 2.75) is 31.7 Å². The number of carbonyl (C=O) groups excluding carboxylic acids is 1. The maximum Gasteiger partial charge on any atom is 0.257 e. The molecule has 1 amide bonds. The number of amides is 1. The number of nitrogens with one attached hydrogen (secondary N) is 1. The van der Waals surface area contributed by atoms with E-state index in [9.17, 15) is 9.90 Å². The minimum absolute atomic E-state index is 0.00369. The van der Waals surface area contributed by atoms with Gasteiger partial charge in [-0.05, 0) is 56.3 Å². The van der Waals surface area contributed by atoms with E-state index in [1.165, 1.54) is 18.9 Å². The van der Waals surface area contributed by atoms with Gasteiger partial charge in [0.25, 0.3) is 5.91 Å². The van der Waals surface area contributed by atoms with E-state index in [-0.39, 0.29) is 11.7 Å². The number of halogens is 1. The summed E-state index contributed by atoms with van der Waals surface area (Å²) in [6.45, 7) is 2.64. The van der Waals surface area contributed by atoms with Gasteiger partial charge in [0.15, 0.2) is 0 Å². The fraction of sp³-hybridized carbons (Fsp3) is 0.562. The van der Waals surface area contributed by atoms with Crippen LogP contribution in [0.1, 0.15) is 36.0 Å². The van der Waals surface area contributed by atoms with Gasteiger partial charge in [-0.2, -0.15) is 0 Å². The number of carbonyl (C=O) groups is 1. The third-order valence-electron chi connectivity index (χ3n) is 4.68. The van der Waals surface area contributed by atoms with Crippen LogP contribution in [-0.4, -0.2) is 41.6 Å². The monoisotopic (exact) mass is 308 g/mol. The summed E-state index contributed by atoms with van der Waals surface area (Å²) in [5.74, 6) is 0.557. The van der Waals surface area contributed by atoms with Crippen molar-refractivity contribution in [1.29, 1.82) is 0 Å². The summed E-state index contributed by atoms with van der Waals surface area (Å²) in [7, 11) is 0. The lowest BCUT2D eigenvalue weighted by Gasteiger charge is -2.35. The lowest BCUT2D eigenvalue weighted by molar-refractivity contribution is 0.0671. The summed E-state index contributed by atoms with van der Waals surface area (Å²) in [5.41, 5.74) is 0.306. The van der Waals surface area contributed by atoms with Crippen LogP contribution >= 0.6 is 11.6 Å². The van der Waals surface area contributed by atoms with E-state index in [0.717, 1.165) is 32.5 Å². The van der Waals surface area contributed by atoms with E-state index in [4.69, 9.17) is 11.6 Å². The van der Waals surface area contributed by atoms with Crippen LogP contribution in [0.25, 0.3) is 0 Å². The predicted molar refractivity (Wildman–Crippen MR) is 82.8 cm³/mol. The van der Waals surface area contributed by atoms with E-state index in [0.29, 0.717) is 22.5 Å². The van der Waals surface area contributed by atoms with Crippen LogP contribution in [0, 0.1) is 5.92 Å². The number of nitrogens with zero attached hydrogens (tertiary/aromatic N) is 1. The zero-order chi connectivity index (χ0) is 14.8. The smallest absolute Gasteiger partial charge is 0.257 e. The number of piperidine rings is 1. The molecule has 0 aliphatic carbocycles. The second-order valence-corrected chi connectivity index (χ2v) is 6.43. The van der Waals surface area contributed by atoms with Crippen LogP contribution in [-0.2, 0) is 0 Å². The average molecular weight is 309 g/mol. The Balaban J connectivity index is 1.63. The van der Waals surface area contributed by atoms with Crippen LogP contribution < -0.4 is 5.32 Å². The summed E-state index contributed by atoms with van der Waals surface area (Å²) in [5, 5.41) is 13.9. The fourth-order valence-corrected chi connectivity index (χ4v) is 3.64. The molecular weight excluding hydrogens is 288 g/mol. The Morgan fingerprint density at radius 3 is 2.71 bits per heavy atom. The molecule has 0 radical (unpaired) electrons. The Morgan fingerprint density at radius 2 is 2.05 bits per heavy atom. The number of hydrogen-bond acceptors (Lipinski definition) is 3. The number of benzene rings is 1. The molecule has 114 valence electrons. The summed E-state index contributed by atoms with van der Waals surface area (Å²) in [6.07, 6.45) is 4.59. The molecule has 2 heterocycles. The second kappa shape index (κ2) is 6.24. The first-order valence-electron chi connectivity index (χ1n) is 7.66. The van der Waals surface area contributed by atoms with Crippen molar-refractivity contribution < 1.29 is 9.90 Å². The first-order valence-corrected chi connectivity index (χ1v) is 8.04. The summed E-state index contributed by atoms with van der Waals surface area (Å²) < 4.78 is 0. The van der Waals surface area contributed by atoms with E-state index in [2.05, 4.69) is 5.32 Å². The fourth-order valence-electron chi connectivity index (χ4n) is 3.47. The molecule has 2 N–H and O–H groups in total. The maximum absolute atomic E-state index is 12.5. The highest BCUT2D eigenvalue weighted by molar-refractivity contribution is 6.31. The molecule has 1 atom stereocenters. The van der Waals surface area contributed by atoms with Gasteiger partial charge in [0.1, 0.15) is 5.75 Å². The highest BCUT2D eigenvalue weighted by Crippen LogP contribution is 2.28. The van der Waals surface area contributed by atoms with Crippen LogP contribution in [0.15, 0.2) is 18.2 Å². The number of likely N-dealkylation sites (tertiary alicyclic amines) is 1. The van der Waals surface area contributed by atoms with Crippen molar-refractivity contribution in [3.8, 4) is 5.75 Å². The Bertz CT molecular complexity index is 521. The van der Waals surface area contributed by atoms with Gasteiger partial charge in [-0.1, -0.05) is 11.6 Å². The van der Waals surface area contributed by atoms with Gasteiger partial charge >= 0.3 is 0 Å². The number of phenols is 1. The largest absolute Gasteiger partial charge is 0.507 e. The number of rotatable bonds is 2. The van der Waals surface area contributed by atoms with Crippen LogP contribution in [0.4, 0.5) is 0 Å².